The van der Waals surface area contributed by atoms with E-state index in [1.165, 1.54) is 6.20 Å². The first kappa shape index (κ1) is 17.0. The molecule has 0 radical (unpaired) electrons. The highest BCUT2D eigenvalue weighted by Gasteiger charge is 2.13. The van der Waals surface area contributed by atoms with Gasteiger partial charge in [-0.3, -0.25) is 14.2 Å². The molecule has 0 spiro atoms. The highest BCUT2D eigenvalue weighted by atomic mass is 79.9. The van der Waals surface area contributed by atoms with Gasteiger partial charge in [-0.05, 0) is 33.6 Å². The smallest absolute Gasteiger partial charge is 0.260 e. The number of rotatable bonds is 4. The molecule has 0 unspecified atom stereocenters. The summed E-state index contributed by atoms with van der Waals surface area (Å²) in [6, 6.07) is 5.40. The molecule has 124 valence electrons. The van der Waals surface area contributed by atoms with Crippen LogP contribution >= 0.6 is 39.1 Å². The van der Waals surface area contributed by atoms with Crippen molar-refractivity contribution in [2.24, 2.45) is 7.05 Å². The molecule has 0 saturated heterocycles. The van der Waals surface area contributed by atoms with E-state index < -0.39 is 0 Å². The third kappa shape index (κ3) is 3.80. The molecule has 24 heavy (non-hydrogen) atoms. The molecule has 0 aliphatic rings. The van der Waals surface area contributed by atoms with E-state index >= 15 is 0 Å². The molecule has 0 saturated carbocycles. The van der Waals surface area contributed by atoms with Gasteiger partial charge in [-0.25, -0.2) is 0 Å². The van der Waals surface area contributed by atoms with Gasteiger partial charge in [-0.15, -0.1) is 0 Å². The minimum Gasteiger partial charge on any atom is -0.304 e. The lowest BCUT2D eigenvalue weighted by Gasteiger charge is -2.04. The second-order valence-corrected chi connectivity index (χ2v) is 6.80. The molecule has 1 N–H and O–H groups in total. The summed E-state index contributed by atoms with van der Waals surface area (Å²) in [5.74, 6) is 0.160. The zero-order valence-corrected chi connectivity index (χ0v) is 15.6. The zero-order chi connectivity index (χ0) is 17.3. The second-order valence-electron chi connectivity index (χ2n) is 5.13. The number of carbonyl (C=O) groups is 1. The zero-order valence-electron chi connectivity index (χ0n) is 12.5. The van der Waals surface area contributed by atoms with Gasteiger partial charge in [-0.1, -0.05) is 29.3 Å². The molecule has 1 amide bonds. The van der Waals surface area contributed by atoms with E-state index in [9.17, 15) is 4.79 Å². The average Bonchev–Trinajstić information content (AvgIpc) is 3.10. The van der Waals surface area contributed by atoms with Gasteiger partial charge < -0.3 is 5.32 Å². The van der Waals surface area contributed by atoms with Crippen LogP contribution in [0.4, 0.5) is 5.82 Å². The fourth-order valence-electron chi connectivity index (χ4n) is 2.11. The van der Waals surface area contributed by atoms with Crippen LogP contribution in [0, 0.1) is 0 Å². The Bertz CT molecular complexity index is 905. The van der Waals surface area contributed by atoms with Crippen LogP contribution < -0.4 is 5.32 Å². The highest BCUT2D eigenvalue weighted by molar-refractivity contribution is 9.10. The first-order valence-corrected chi connectivity index (χ1v) is 8.44. The molecule has 0 atom stereocenters. The largest absolute Gasteiger partial charge is 0.304 e. The van der Waals surface area contributed by atoms with Gasteiger partial charge in [0.1, 0.15) is 0 Å². The van der Waals surface area contributed by atoms with E-state index in [0.29, 0.717) is 32.4 Å². The van der Waals surface area contributed by atoms with E-state index in [1.807, 2.05) is 6.07 Å². The van der Waals surface area contributed by atoms with Crippen LogP contribution in [0.3, 0.4) is 0 Å². The standard InChI is InChI=1S/C15H12BrCl2N5O/c1-22-7-10(5-19-22)15(24)20-14-11(16)8-23(21-14)6-9-2-3-12(17)13(18)4-9/h2-5,7-8H,6H2,1H3,(H,20,21,24). The third-order valence-electron chi connectivity index (χ3n) is 3.24. The molecule has 0 aliphatic carbocycles. The summed E-state index contributed by atoms with van der Waals surface area (Å²) in [7, 11) is 1.75. The van der Waals surface area contributed by atoms with Gasteiger partial charge in [0.25, 0.3) is 5.91 Å². The average molecular weight is 429 g/mol. The van der Waals surface area contributed by atoms with Crippen molar-refractivity contribution in [1.29, 1.82) is 0 Å². The van der Waals surface area contributed by atoms with Crippen LogP contribution in [0.25, 0.3) is 0 Å². The maximum Gasteiger partial charge on any atom is 0.260 e. The topological polar surface area (TPSA) is 64.7 Å². The summed E-state index contributed by atoms with van der Waals surface area (Å²) < 4.78 is 3.94. The fraction of sp³-hybridized carbons (Fsp3) is 0.133. The van der Waals surface area contributed by atoms with Crippen LogP contribution in [0.5, 0.6) is 0 Å². The van der Waals surface area contributed by atoms with Crippen LogP contribution in [0.1, 0.15) is 15.9 Å². The van der Waals surface area contributed by atoms with Crippen molar-refractivity contribution in [2.75, 3.05) is 5.32 Å². The van der Waals surface area contributed by atoms with Crippen molar-refractivity contribution < 1.29 is 4.79 Å². The van der Waals surface area contributed by atoms with Gasteiger partial charge in [0.2, 0.25) is 0 Å². The Morgan fingerprint density at radius 1 is 1.29 bits per heavy atom. The Balaban J connectivity index is 1.75. The van der Waals surface area contributed by atoms with E-state index in [4.69, 9.17) is 23.2 Å². The molecule has 0 bridgehead atoms. The van der Waals surface area contributed by atoms with Crippen LogP contribution in [-0.4, -0.2) is 25.5 Å². The van der Waals surface area contributed by atoms with E-state index in [1.54, 1.807) is 40.9 Å². The van der Waals surface area contributed by atoms with Crippen molar-refractivity contribution in [2.45, 2.75) is 6.54 Å². The van der Waals surface area contributed by atoms with Crippen molar-refractivity contribution in [3.05, 3.63) is 62.4 Å². The van der Waals surface area contributed by atoms with Crippen LogP contribution in [0.15, 0.2) is 41.3 Å². The van der Waals surface area contributed by atoms with Crippen LogP contribution in [-0.2, 0) is 13.6 Å². The predicted octanol–water partition coefficient (Wildman–Crippen LogP) is 3.99. The molecule has 2 aromatic heterocycles. The summed E-state index contributed by atoms with van der Waals surface area (Å²) in [6.45, 7) is 0.498. The number of hydrogen-bond acceptors (Lipinski definition) is 3. The molecule has 1 aromatic carbocycles. The Morgan fingerprint density at radius 3 is 2.75 bits per heavy atom. The van der Waals surface area contributed by atoms with Crippen molar-refractivity contribution in [3.63, 3.8) is 0 Å². The Kier molecular flexibility index (Phi) is 4.93. The SMILES string of the molecule is Cn1cc(C(=O)Nc2nn(Cc3ccc(Cl)c(Cl)c3)cc2Br)cn1. The lowest BCUT2D eigenvalue weighted by molar-refractivity contribution is 0.102. The van der Waals surface area contributed by atoms with Gasteiger partial charge in [0.05, 0.1) is 32.8 Å². The third-order valence-corrected chi connectivity index (χ3v) is 4.56. The van der Waals surface area contributed by atoms with E-state index in [2.05, 4.69) is 31.4 Å². The lowest BCUT2D eigenvalue weighted by Crippen LogP contribution is -2.12. The number of anilines is 1. The maximum atomic E-state index is 12.2. The Morgan fingerprint density at radius 2 is 2.08 bits per heavy atom. The first-order valence-electron chi connectivity index (χ1n) is 6.89. The van der Waals surface area contributed by atoms with Crippen molar-refractivity contribution in [3.8, 4) is 0 Å². The molecule has 2 heterocycles. The Labute approximate surface area is 156 Å². The number of benzene rings is 1. The molecule has 6 nitrogen and oxygen atoms in total. The maximum absolute atomic E-state index is 12.2. The summed E-state index contributed by atoms with van der Waals surface area (Å²) >= 11 is 15.3. The normalized spacial score (nSPS) is 10.8. The Hall–Kier alpha value is -1.83. The molecule has 0 aliphatic heterocycles. The summed E-state index contributed by atoms with van der Waals surface area (Å²) in [5, 5.41) is 12.1. The van der Waals surface area contributed by atoms with Gasteiger partial charge in [0, 0.05) is 19.4 Å². The minimum atomic E-state index is -0.274. The number of nitrogens with zero attached hydrogens (tertiary/aromatic N) is 4. The number of hydrogen-bond donors (Lipinski definition) is 1. The molecule has 3 aromatic rings. The predicted molar refractivity (Wildman–Crippen MR) is 96.7 cm³/mol. The molecule has 0 fully saturated rings. The fourth-order valence-corrected chi connectivity index (χ4v) is 2.84. The number of carbonyl (C=O) groups excluding carboxylic acids is 1. The van der Waals surface area contributed by atoms with Crippen molar-refractivity contribution in [1.82, 2.24) is 19.6 Å². The molecule has 3 rings (SSSR count). The van der Waals surface area contributed by atoms with E-state index in [0.717, 1.165) is 5.56 Å². The van der Waals surface area contributed by atoms with Crippen LogP contribution in [0.2, 0.25) is 10.0 Å². The number of aryl methyl sites for hydroxylation is 1. The summed E-state index contributed by atoms with van der Waals surface area (Å²) in [4.78, 5) is 12.2. The number of amides is 1. The minimum absolute atomic E-state index is 0.274. The first-order chi connectivity index (χ1) is 11.4. The van der Waals surface area contributed by atoms with Gasteiger partial charge >= 0.3 is 0 Å². The van der Waals surface area contributed by atoms with Gasteiger partial charge in [0.15, 0.2) is 5.82 Å². The van der Waals surface area contributed by atoms with E-state index in [-0.39, 0.29) is 5.91 Å². The lowest BCUT2D eigenvalue weighted by atomic mass is 10.2. The number of nitrogens with one attached hydrogen (secondary N) is 1. The number of aromatic nitrogens is 4. The molecular weight excluding hydrogens is 417 g/mol. The monoisotopic (exact) mass is 427 g/mol. The highest BCUT2D eigenvalue weighted by Crippen LogP contribution is 2.25. The summed E-state index contributed by atoms with van der Waals surface area (Å²) in [6.07, 6.45) is 4.91. The molecular formula is C15H12BrCl2N5O. The number of halogens is 3. The summed E-state index contributed by atoms with van der Waals surface area (Å²) in [5.41, 5.74) is 1.41. The van der Waals surface area contributed by atoms with Crippen molar-refractivity contribution >= 4 is 50.9 Å². The second kappa shape index (κ2) is 6.96. The molecule has 9 heteroatoms. The van der Waals surface area contributed by atoms with Gasteiger partial charge in [-0.2, -0.15) is 10.2 Å². The quantitative estimate of drug-likeness (QED) is 0.683.